The van der Waals surface area contributed by atoms with Crippen molar-refractivity contribution in [2.45, 2.75) is 31.5 Å². The summed E-state index contributed by atoms with van der Waals surface area (Å²) in [6, 6.07) is 6.94. The first-order valence-electron chi connectivity index (χ1n) is 6.43. The predicted octanol–water partition coefficient (Wildman–Crippen LogP) is 3.72. The van der Waals surface area contributed by atoms with Crippen molar-refractivity contribution in [3.63, 3.8) is 0 Å². The Balaban J connectivity index is 2.50. The first-order valence-corrected chi connectivity index (χ1v) is 6.43. The zero-order chi connectivity index (χ0) is 16.1. The van der Waals surface area contributed by atoms with Crippen LogP contribution in [0.5, 0.6) is 0 Å². The highest BCUT2D eigenvalue weighted by molar-refractivity contribution is 5.24. The molecule has 0 amide bonds. The van der Waals surface area contributed by atoms with Crippen LogP contribution < -0.4 is 5.32 Å². The van der Waals surface area contributed by atoms with Crippen molar-refractivity contribution in [2.75, 3.05) is 20.2 Å². The molecule has 0 aliphatic heterocycles. The number of benzene rings is 1. The molecule has 120 valence electrons. The van der Waals surface area contributed by atoms with E-state index in [1.54, 1.807) is 12.1 Å². The topological polar surface area (TPSA) is 21.3 Å². The van der Waals surface area contributed by atoms with E-state index in [4.69, 9.17) is 0 Å². The molecule has 0 fully saturated rings. The van der Waals surface area contributed by atoms with E-state index in [1.165, 1.54) is 0 Å². The Hall–Kier alpha value is -1.21. The second-order valence-corrected chi connectivity index (χ2v) is 4.90. The predicted molar refractivity (Wildman–Crippen MR) is 69.4 cm³/mol. The van der Waals surface area contributed by atoms with E-state index in [-0.39, 0.29) is 12.5 Å². The van der Waals surface area contributed by atoms with Crippen molar-refractivity contribution in [1.29, 1.82) is 0 Å². The smallest absolute Gasteiger partial charge is 0.370 e. The monoisotopic (exact) mass is 311 g/mol. The summed E-state index contributed by atoms with van der Waals surface area (Å²) in [6.07, 6.45) is -5.58. The lowest BCUT2D eigenvalue weighted by Gasteiger charge is -2.19. The van der Waals surface area contributed by atoms with Gasteiger partial charge in [0, 0.05) is 6.54 Å². The molecule has 1 rings (SSSR count). The molecular formula is C14H18F5NO. The molecule has 0 aromatic heterocycles. The maximum absolute atomic E-state index is 12.6. The third-order valence-corrected chi connectivity index (χ3v) is 3.03. The van der Waals surface area contributed by atoms with Gasteiger partial charge in [-0.05, 0) is 24.1 Å². The van der Waals surface area contributed by atoms with E-state index < -0.39 is 18.7 Å². The molecular weight excluding hydrogens is 293 g/mol. The van der Waals surface area contributed by atoms with Crippen LogP contribution >= 0.6 is 0 Å². The molecule has 0 saturated heterocycles. The quantitative estimate of drug-likeness (QED) is 0.775. The Bertz CT molecular complexity index is 430. The Morgan fingerprint density at radius 3 is 2.14 bits per heavy atom. The van der Waals surface area contributed by atoms with Crippen molar-refractivity contribution >= 4 is 0 Å². The first kappa shape index (κ1) is 17.8. The lowest BCUT2D eigenvalue weighted by molar-refractivity contribution is -0.297. The minimum Gasteiger partial charge on any atom is -0.370 e. The van der Waals surface area contributed by atoms with Crippen LogP contribution in [0, 0.1) is 0 Å². The number of alkyl halides is 5. The van der Waals surface area contributed by atoms with E-state index in [1.807, 2.05) is 26.1 Å². The Kier molecular flexibility index (Phi) is 6.10. The number of halogens is 5. The maximum atomic E-state index is 12.6. The standard InChI is InChI=1S/C14H18F5NO/c1-10(7-20-2)12-5-3-11(4-6-12)8-21-9-13(15,16)14(17,18)19/h3-6,10,20H,7-9H2,1-2H3. The van der Waals surface area contributed by atoms with Gasteiger partial charge in [-0.3, -0.25) is 0 Å². The van der Waals surface area contributed by atoms with Crippen molar-refractivity contribution in [1.82, 2.24) is 5.32 Å². The largest absolute Gasteiger partial charge is 0.455 e. The fraction of sp³-hybridized carbons (Fsp3) is 0.571. The van der Waals surface area contributed by atoms with Crippen molar-refractivity contribution in [3.05, 3.63) is 35.4 Å². The molecule has 1 aromatic rings. The van der Waals surface area contributed by atoms with Gasteiger partial charge in [-0.1, -0.05) is 31.2 Å². The van der Waals surface area contributed by atoms with Gasteiger partial charge in [0.25, 0.3) is 0 Å². The van der Waals surface area contributed by atoms with Gasteiger partial charge in [-0.15, -0.1) is 0 Å². The maximum Gasteiger partial charge on any atom is 0.455 e. The molecule has 0 radical (unpaired) electrons. The number of ether oxygens (including phenoxy) is 1. The fourth-order valence-corrected chi connectivity index (χ4v) is 1.75. The van der Waals surface area contributed by atoms with Crippen LogP contribution in [0.15, 0.2) is 24.3 Å². The molecule has 0 saturated carbocycles. The van der Waals surface area contributed by atoms with Crippen LogP contribution in [0.25, 0.3) is 0 Å². The lowest BCUT2D eigenvalue weighted by atomic mass is 10.00. The normalized spacial score (nSPS) is 14.2. The van der Waals surface area contributed by atoms with E-state index in [0.29, 0.717) is 5.56 Å². The molecule has 1 unspecified atom stereocenters. The van der Waals surface area contributed by atoms with Gasteiger partial charge in [0.2, 0.25) is 0 Å². The summed E-state index contributed by atoms with van der Waals surface area (Å²) < 4.78 is 65.6. The summed E-state index contributed by atoms with van der Waals surface area (Å²) >= 11 is 0. The van der Waals surface area contributed by atoms with Crippen LogP contribution in [0.3, 0.4) is 0 Å². The summed E-state index contributed by atoms with van der Waals surface area (Å²) in [5.74, 6) is -4.55. The Morgan fingerprint density at radius 1 is 1.10 bits per heavy atom. The highest BCUT2D eigenvalue weighted by atomic mass is 19.4. The van der Waals surface area contributed by atoms with Gasteiger partial charge in [0.15, 0.2) is 0 Å². The van der Waals surface area contributed by atoms with Gasteiger partial charge >= 0.3 is 12.1 Å². The van der Waals surface area contributed by atoms with Crippen LogP contribution in [-0.4, -0.2) is 32.3 Å². The number of hydrogen-bond acceptors (Lipinski definition) is 2. The third kappa shape index (κ3) is 5.24. The number of rotatable bonds is 7. The van der Waals surface area contributed by atoms with E-state index in [2.05, 4.69) is 10.1 Å². The molecule has 21 heavy (non-hydrogen) atoms. The minimum atomic E-state index is -5.58. The fourth-order valence-electron chi connectivity index (χ4n) is 1.75. The van der Waals surface area contributed by atoms with Crippen molar-refractivity contribution in [2.24, 2.45) is 0 Å². The summed E-state index contributed by atoms with van der Waals surface area (Å²) in [6.45, 7) is 0.848. The molecule has 0 aliphatic rings. The second kappa shape index (κ2) is 7.17. The third-order valence-electron chi connectivity index (χ3n) is 3.03. The zero-order valence-corrected chi connectivity index (χ0v) is 11.8. The van der Waals surface area contributed by atoms with Crippen LogP contribution in [0.4, 0.5) is 22.0 Å². The van der Waals surface area contributed by atoms with E-state index in [0.717, 1.165) is 12.1 Å². The van der Waals surface area contributed by atoms with Gasteiger partial charge in [-0.25, -0.2) is 0 Å². The highest BCUT2D eigenvalue weighted by Gasteiger charge is 2.57. The van der Waals surface area contributed by atoms with Gasteiger partial charge in [-0.2, -0.15) is 22.0 Å². The van der Waals surface area contributed by atoms with Crippen LogP contribution in [0.1, 0.15) is 24.0 Å². The Morgan fingerprint density at radius 2 is 1.67 bits per heavy atom. The summed E-state index contributed by atoms with van der Waals surface area (Å²) in [5.41, 5.74) is 1.60. The van der Waals surface area contributed by atoms with Gasteiger partial charge in [0.1, 0.15) is 6.61 Å². The second-order valence-electron chi connectivity index (χ2n) is 4.90. The molecule has 7 heteroatoms. The van der Waals surface area contributed by atoms with Crippen LogP contribution in [-0.2, 0) is 11.3 Å². The zero-order valence-electron chi connectivity index (χ0n) is 11.8. The van der Waals surface area contributed by atoms with E-state index >= 15 is 0 Å². The molecule has 1 N–H and O–H groups in total. The van der Waals surface area contributed by atoms with Crippen molar-refractivity contribution < 1.29 is 26.7 Å². The molecule has 1 atom stereocenters. The molecule has 0 spiro atoms. The van der Waals surface area contributed by atoms with Crippen LogP contribution in [0.2, 0.25) is 0 Å². The molecule has 0 bridgehead atoms. The summed E-state index contributed by atoms with van der Waals surface area (Å²) in [5, 5.41) is 3.03. The number of likely N-dealkylation sites (N-methyl/N-ethyl adjacent to an activating group) is 1. The average Bonchev–Trinajstić information content (AvgIpc) is 2.38. The molecule has 2 nitrogen and oxygen atoms in total. The average molecular weight is 311 g/mol. The Labute approximate surface area is 120 Å². The van der Waals surface area contributed by atoms with E-state index in [9.17, 15) is 22.0 Å². The molecule has 0 heterocycles. The lowest BCUT2D eigenvalue weighted by Crippen LogP contribution is -2.40. The van der Waals surface area contributed by atoms with Crippen molar-refractivity contribution in [3.8, 4) is 0 Å². The minimum absolute atomic E-state index is 0.277. The number of hydrogen-bond donors (Lipinski definition) is 1. The summed E-state index contributed by atoms with van der Waals surface area (Å²) in [4.78, 5) is 0. The highest BCUT2D eigenvalue weighted by Crippen LogP contribution is 2.35. The van der Waals surface area contributed by atoms with Gasteiger partial charge in [0.05, 0.1) is 6.61 Å². The SMILES string of the molecule is CNCC(C)c1ccc(COCC(F)(F)C(F)(F)F)cc1. The van der Waals surface area contributed by atoms with Gasteiger partial charge < -0.3 is 10.1 Å². The molecule has 0 aliphatic carbocycles. The first-order chi connectivity index (χ1) is 9.67. The molecule has 1 aromatic carbocycles. The summed E-state index contributed by atoms with van der Waals surface area (Å²) in [7, 11) is 1.83. The number of nitrogens with one attached hydrogen (secondary N) is 1.